The Kier molecular flexibility index (Phi) is 3.17. The van der Waals surface area contributed by atoms with Crippen molar-refractivity contribution in [2.24, 2.45) is 24.6 Å². The number of hydrogen-bond donors (Lipinski definition) is 1. The van der Waals surface area contributed by atoms with Gasteiger partial charge in [-0.05, 0) is 37.7 Å². The molecule has 1 aliphatic heterocycles. The number of rotatable bonds is 2. The van der Waals surface area contributed by atoms with Crippen LogP contribution in [0.1, 0.15) is 40.6 Å². The lowest BCUT2D eigenvalue weighted by Gasteiger charge is -2.19. The molecule has 2 heterocycles. The van der Waals surface area contributed by atoms with Gasteiger partial charge in [0.15, 0.2) is 5.78 Å². The number of aryl methyl sites for hydroxylation is 1. The van der Waals surface area contributed by atoms with Gasteiger partial charge in [-0.1, -0.05) is 0 Å². The number of ketones is 1. The first-order valence-corrected chi connectivity index (χ1v) is 7.19. The number of Topliss-reactive ketones (excluding diaryl/α,β-unsaturated/α-hetero) is 1. The molecule has 1 saturated heterocycles. The van der Waals surface area contributed by atoms with Crippen LogP contribution in [0.4, 0.5) is 0 Å². The molecule has 108 valence electrons. The van der Waals surface area contributed by atoms with Crippen LogP contribution in [0.2, 0.25) is 0 Å². The summed E-state index contributed by atoms with van der Waals surface area (Å²) in [5.74, 6) is 1.01. The van der Waals surface area contributed by atoms with E-state index in [-0.39, 0.29) is 17.7 Å². The predicted molar refractivity (Wildman–Crippen MR) is 75.5 cm³/mol. The van der Waals surface area contributed by atoms with E-state index in [2.05, 4.69) is 0 Å². The Bertz CT molecular complexity index is 563. The largest absolute Gasteiger partial charge is 0.346 e. The van der Waals surface area contributed by atoms with Crippen LogP contribution in [-0.2, 0) is 7.05 Å². The summed E-state index contributed by atoms with van der Waals surface area (Å²) in [5.41, 5.74) is 7.28. The Labute approximate surface area is 118 Å². The zero-order valence-corrected chi connectivity index (χ0v) is 12.0. The third kappa shape index (κ3) is 2.06. The molecule has 5 nitrogen and oxygen atoms in total. The zero-order valence-electron chi connectivity index (χ0n) is 12.0. The van der Waals surface area contributed by atoms with Crippen molar-refractivity contribution in [3.05, 3.63) is 23.5 Å². The van der Waals surface area contributed by atoms with Crippen molar-refractivity contribution in [1.29, 1.82) is 0 Å². The van der Waals surface area contributed by atoms with Crippen molar-refractivity contribution in [3.63, 3.8) is 0 Å². The van der Waals surface area contributed by atoms with E-state index >= 15 is 0 Å². The lowest BCUT2D eigenvalue weighted by Crippen LogP contribution is -2.34. The number of carbonyl (C=O) groups is 2. The molecule has 3 rings (SSSR count). The zero-order chi connectivity index (χ0) is 14.4. The van der Waals surface area contributed by atoms with Crippen molar-refractivity contribution in [1.82, 2.24) is 9.47 Å². The molecule has 3 unspecified atom stereocenters. The molecule has 5 heteroatoms. The second-order valence-electron chi connectivity index (χ2n) is 6.16. The topological polar surface area (TPSA) is 68.3 Å². The third-order valence-corrected chi connectivity index (χ3v) is 4.83. The van der Waals surface area contributed by atoms with E-state index < -0.39 is 0 Å². The molecule has 1 aromatic heterocycles. The molecule has 0 spiro atoms. The van der Waals surface area contributed by atoms with Crippen molar-refractivity contribution >= 4 is 11.7 Å². The van der Waals surface area contributed by atoms with Gasteiger partial charge in [-0.3, -0.25) is 9.59 Å². The summed E-state index contributed by atoms with van der Waals surface area (Å²) in [4.78, 5) is 25.9. The van der Waals surface area contributed by atoms with Gasteiger partial charge in [0.25, 0.3) is 5.91 Å². The third-order valence-electron chi connectivity index (χ3n) is 4.83. The van der Waals surface area contributed by atoms with Gasteiger partial charge < -0.3 is 15.2 Å². The van der Waals surface area contributed by atoms with E-state index in [9.17, 15) is 9.59 Å². The first kappa shape index (κ1) is 13.4. The maximum atomic E-state index is 12.6. The van der Waals surface area contributed by atoms with Crippen molar-refractivity contribution in [2.45, 2.75) is 25.8 Å². The van der Waals surface area contributed by atoms with Crippen molar-refractivity contribution in [3.8, 4) is 0 Å². The lowest BCUT2D eigenvalue weighted by atomic mass is 9.98. The molecule has 20 heavy (non-hydrogen) atoms. The molecule has 2 aliphatic rings. The fraction of sp³-hybridized carbons (Fsp3) is 0.600. The normalized spacial score (nSPS) is 28.8. The van der Waals surface area contributed by atoms with Crippen molar-refractivity contribution in [2.75, 3.05) is 13.1 Å². The fourth-order valence-electron chi connectivity index (χ4n) is 3.61. The maximum Gasteiger partial charge on any atom is 0.270 e. The molecule has 2 N–H and O–H groups in total. The molecule has 0 radical (unpaired) electrons. The Balaban J connectivity index is 1.79. The first-order chi connectivity index (χ1) is 9.47. The summed E-state index contributed by atoms with van der Waals surface area (Å²) in [6.07, 6.45) is 3.93. The second kappa shape index (κ2) is 4.74. The quantitative estimate of drug-likeness (QED) is 0.820. The number of hydrogen-bond acceptors (Lipinski definition) is 3. The smallest absolute Gasteiger partial charge is 0.270 e. The van der Waals surface area contributed by atoms with E-state index in [0.29, 0.717) is 23.1 Å². The van der Waals surface area contributed by atoms with Crippen LogP contribution in [-0.4, -0.2) is 40.3 Å². The van der Waals surface area contributed by atoms with Crippen LogP contribution < -0.4 is 5.73 Å². The van der Waals surface area contributed by atoms with Crippen LogP contribution >= 0.6 is 0 Å². The monoisotopic (exact) mass is 275 g/mol. The van der Waals surface area contributed by atoms with Gasteiger partial charge in [0, 0.05) is 37.9 Å². The fourth-order valence-corrected chi connectivity index (χ4v) is 3.61. The van der Waals surface area contributed by atoms with Gasteiger partial charge in [-0.25, -0.2) is 0 Å². The highest BCUT2D eigenvalue weighted by molar-refractivity contribution is 5.99. The van der Waals surface area contributed by atoms with Crippen molar-refractivity contribution < 1.29 is 9.59 Å². The SMILES string of the molecule is CC(=O)c1cc(C(=O)N2CC3CCC(N)C3C2)n(C)c1. The van der Waals surface area contributed by atoms with E-state index in [1.807, 2.05) is 11.9 Å². The maximum absolute atomic E-state index is 12.6. The molecular weight excluding hydrogens is 254 g/mol. The number of fused-ring (bicyclic) bond motifs is 1. The van der Waals surface area contributed by atoms with Gasteiger partial charge in [-0.2, -0.15) is 0 Å². The van der Waals surface area contributed by atoms with Gasteiger partial charge in [-0.15, -0.1) is 0 Å². The number of nitrogens with zero attached hydrogens (tertiary/aromatic N) is 2. The first-order valence-electron chi connectivity index (χ1n) is 7.19. The van der Waals surface area contributed by atoms with Crippen LogP contribution in [0, 0.1) is 11.8 Å². The highest BCUT2D eigenvalue weighted by atomic mass is 16.2. The molecule has 1 saturated carbocycles. The summed E-state index contributed by atoms with van der Waals surface area (Å²) in [6, 6.07) is 1.93. The van der Waals surface area contributed by atoms with Crippen LogP contribution in [0.15, 0.2) is 12.3 Å². The number of amides is 1. The standard InChI is InChI=1S/C15H21N3O2/c1-9(19)11-5-14(17(2)6-11)15(20)18-7-10-3-4-13(16)12(10)8-18/h5-6,10,12-13H,3-4,7-8,16H2,1-2H3. The van der Waals surface area contributed by atoms with Crippen LogP contribution in [0.25, 0.3) is 0 Å². The highest BCUT2D eigenvalue weighted by Gasteiger charge is 2.42. The summed E-state index contributed by atoms with van der Waals surface area (Å²) in [6.45, 7) is 3.08. The second-order valence-corrected chi connectivity index (χ2v) is 6.16. The minimum Gasteiger partial charge on any atom is -0.346 e. The number of aromatic nitrogens is 1. The van der Waals surface area contributed by atoms with Gasteiger partial charge in [0.2, 0.25) is 0 Å². The molecule has 1 aliphatic carbocycles. The average Bonchev–Trinajstić information content (AvgIpc) is 3.05. The van der Waals surface area contributed by atoms with E-state index in [0.717, 1.165) is 25.9 Å². The van der Waals surface area contributed by atoms with Crippen LogP contribution in [0.3, 0.4) is 0 Å². The molecule has 3 atom stereocenters. The molecule has 2 fully saturated rings. The van der Waals surface area contributed by atoms with E-state index in [1.54, 1.807) is 16.8 Å². The number of carbonyl (C=O) groups excluding carboxylic acids is 2. The van der Waals surface area contributed by atoms with Gasteiger partial charge in [0.05, 0.1) is 0 Å². The summed E-state index contributed by atoms with van der Waals surface area (Å²) in [7, 11) is 1.81. The molecule has 1 aromatic rings. The Hall–Kier alpha value is -1.62. The lowest BCUT2D eigenvalue weighted by molar-refractivity contribution is 0.0770. The average molecular weight is 275 g/mol. The van der Waals surface area contributed by atoms with Gasteiger partial charge >= 0.3 is 0 Å². The number of nitrogens with two attached hydrogens (primary N) is 1. The number of likely N-dealkylation sites (tertiary alicyclic amines) is 1. The van der Waals surface area contributed by atoms with E-state index in [1.165, 1.54) is 6.92 Å². The van der Waals surface area contributed by atoms with E-state index in [4.69, 9.17) is 5.73 Å². The molecule has 0 bridgehead atoms. The molecule has 1 amide bonds. The predicted octanol–water partition coefficient (Wildman–Crippen LogP) is 1.04. The summed E-state index contributed by atoms with van der Waals surface area (Å²) in [5, 5.41) is 0. The minimum absolute atomic E-state index is 0.0139. The Morgan fingerprint density at radius 3 is 2.65 bits per heavy atom. The van der Waals surface area contributed by atoms with Crippen LogP contribution in [0.5, 0.6) is 0 Å². The van der Waals surface area contributed by atoms with Gasteiger partial charge in [0.1, 0.15) is 5.69 Å². The Morgan fingerprint density at radius 2 is 2.05 bits per heavy atom. The minimum atomic E-state index is -0.0139. The highest BCUT2D eigenvalue weighted by Crippen LogP contribution is 2.37. The summed E-state index contributed by atoms with van der Waals surface area (Å²) >= 11 is 0. The Morgan fingerprint density at radius 1 is 1.30 bits per heavy atom. The molecular formula is C15H21N3O2. The summed E-state index contributed by atoms with van der Waals surface area (Å²) < 4.78 is 1.74. The molecule has 0 aromatic carbocycles.